The number of hydrogen-bond donors (Lipinski definition) is 1. The fourth-order valence-corrected chi connectivity index (χ4v) is 2.50. The molecule has 1 saturated carbocycles. The molecule has 0 amide bonds. The Morgan fingerprint density at radius 2 is 1.80 bits per heavy atom. The van der Waals surface area contributed by atoms with E-state index in [1.165, 1.54) is 18.4 Å². The zero-order valence-corrected chi connectivity index (χ0v) is 15.2. The van der Waals surface area contributed by atoms with Crippen molar-refractivity contribution in [2.24, 2.45) is 10.7 Å². The van der Waals surface area contributed by atoms with Crippen LogP contribution in [0.15, 0.2) is 29.3 Å². The zero-order chi connectivity index (χ0) is 13.9. The van der Waals surface area contributed by atoms with E-state index in [2.05, 4.69) is 35.9 Å². The van der Waals surface area contributed by atoms with Crippen molar-refractivity contribution in [1.82, 2.24) is 4.90 Å². The van der Waals surface area contributed by atoms with Crippen LogP contribution in [0.2, 0.25) is 5.02 Å². The van der Waals surface area contributed by atoms with Crippen LogP contribution < -0.4 is 5.73 Å². The molecule has 0 aliphatic heterocycles. The summed E-state index contributed by atoms with van der Waals surface area (Å²) >= 11 is 5.93. The third kappa shape index (κ3) is 4.01. The van der Waals surface area contributed by atoms with E-state index in [0.29, 0.717) is 5.96 Å². The number of guanidine groups is 1. The first kappa shape index (κ1) is 17.6. The topological polar surface area (TPSA) is 41.6 Å². The molecule has 0 heterocycles. The lowest BCUT2D eigenvalue weighted by Gasteiger charge is -2.21. The minimum Gasteiger partial charge on any atom is -0.370 e. The lowest BCUT2D eigenvalue weighted by Crippen LogP contribution is -2.37. The predicted molar refractivity (Wildman–Crippen MR) is 97.2 cm³/mol. The second-order valence-corrected chi connectivity index (χ2v) is 5.57. The van der Waals surface area contributed by atoms with Crippen LogP contribution in [0.1, 0.15) is 32.3 Å². The summed E-state index contributed by atoms with van der Waals surface area (Å²) in [5, 5.41) is 0.783. The normalized spacial score (nSPS) is 16.4. The van der Waals surface area contributed by atoms with E-state index >= 15 is 0 Å². The summed E-state index contributed by atoms with van der Waals surface area (Å²) in [7, 11) is 0. The van der Waals surface area contributed by atoms with Gasteiger partial charge in [0.25, 0.3) is 0 Å². The molecule has 20 heavy (non-hydrogen) atoms. The maximum Gasteiger partial charge on any atom is 0.191 e. The van der Waals surface area contributed by atoms with Crippen LogP contribution in [0, 0.1) is 0 Å². The Morgan fingerprint density at radius 1 is 1.25 bits per heavy atom. The van der Waals surface area contributed by atoms with Crippen molar-refractivity contribution in [3.05, 3.63) is 34.9 Å². The summed E-state index contributed by atoms with van der Waals surface area (Å²) in [5.74, 6) is 0.658. The molecule has 0 spiro atoms. The molecule has 0 bridgehead atoms. The summed E-state index contributed by atoms with van der Waals surface area (Å²) in [5.41, 5.74) is 7.55. The molecule has 5 heteroatoms. The van der Waals surface area contributed by atoms with Crippen LogP contribution in [0.3, 0.4) is 0 Å². The molecular formula is C15H23ClIN3. The van der Waals surface area contributed by atoms with Gasteiger partial charge < -0.3 is 10.6 Å². The van der Waals surface area contributed by atoms with Crippen LogP contribution in [-0.2, 0) is 5.41 Å². The highest BCUT2D eigenvalue weighted by molar-refractivity contribution is 14.0. The Hall–Kier alpha value is -0.490. The summed E-state index contributed by atoms with van der Waals surface area (Å²) in [6.45, 7) is 6.77. The Labute approximate surface area is 143 Å². The molecule has 0 unspecified atom stereocenters. The van der Waals surface area contributed by atoms with Gasteiger partial charge in [-0.05, 0) is 44.4 Å². The minimum absolute atomic E-state index is 0. The van der Waals surface area contributed by atoms with Gasteiger partial charge in [-0.1, -0.05) is 23.7 Å². The van der Waals surface area contributed by atoms with Crippen molar-refractivity contribution < 1.29 is 0 Å². The van der Waals surface area contributed by atoms with Gasteiger partial charge in [-0.3, -0.25) is 4.99 Å². The highest BCUT2D eigenvalue weighted by atomic mass is 127. The fraction of sp³-hybridized carbons (Fsp3) is 0.533. The number of rotatable bonds is 5. The van der Waals surface area contributed by atoms with Crippen LogP contribution >= 0.6 is 35.6 Å². The van der Waals surface area contributed by atoms with Crippen molar-refractivity contribution in [3.8, 4) is 0 Å². The predicted octanol–water partition coefficient (Wildman–Crippen LogP) is 3.65. The van der Waals surface area contributed by atoms with Crippen LogP contribution in [0.4, 0.5) is 0 Å². The molecule has 0 radical (unpaired) electrons. The van der Waals surface area contributed by atoms with Gasteiger partial charge in [0.1, 0.15) is 0 Å². The molecule has 2 N–H and O–H groups in total. The number of hydrogen-bond acceptors (Lipinski definition) is 1. The molecule has 1 aromatic carbocycles. The number of nitrogens with zero attached hydrogens (tertiary/aromatic N) is 2. The first-order valence-electron chi connectivity index (χ1n) is 6.92. The molecule has 0 atom stereocenters. The van der Waals surface area contributed by atoms with Crippen molar-refractivity contribution in [2.45, 2.75) is 32.1 Å². The van der Waals surface area contributed by atoms with Gasteiger partial charge >= 0.3 is 0 Å². The van der Waals surface area contributed by atoms with Crippen molar-refractivity contribution in [3.63, 3.8) is 0 Å². The average Bonchev–Trinajstić information content (AvgIpc) is 3.20. The molecular weight excluding hydrogens is 385 g/mol. The van der Waals surface area contributed by atoms with Crippen molar-refractivity contribution >= 4 is 41.5 Å². The van der Waals surface area contributed by atoms with E-state index in [1.54, 1.807) is 0 Å². The monoisotopic (exact) mass is 407 g/mol. The summed E-state index contributed by atoms with van der Waals surface area (Å²) < 4.78 is 0. The minimum atomic E-state index is 0. The molecule has 3 nitrogen and oxygen atoms in total. The van der Waals surface area contributed by atoms with Crippen LogP contribution in [0.25, 0.3) is 0 Å². The first-order valence-corrected chi connectivity index (χ1v) is 7.30. The van der Waals surface area contributed by atoms with E-state index in [1.807, 2.05) is 12.1 Å². The standard InChI is InChI=1S/C15H22ClN3.HI/c1-3-19(4-2)14(17)18-11-15(9-10-15)12-5-7-13(16)8-6-12;/h5-8H,3-4,9-11H2,1-2H3,(H2,17,18);1H. The van der Waals surface area contributed by atoms with E-state index in [0.717, 1.165) is 24.7 Å². The maximum absolute atomic E-state index is 6.03. The fourth-order valence-electron chi connectivity index (χ4n) is 2.37. The van der Waals surface area contributed by atoms with Crippen LogP contribution in [0.5, 0.6) is 0 Å². The molecule has 0 aromatic heterocycles. The lowest BCUT2D eigenvalue weighted by atomic mass is 9.96. The zero-order valence-electron chi connectivity index (χ0n) is 12.1. The quantitative estimate of drug-likeness (QED) is 0.460. The van der Waals surface area contributed by atoms with Gasteiger partial charge in [0.2, 0.25) is 0 Å². The molecule has 2 rings (SSSR count). The second kappa shape index (κ2) is 7.50. The van der Waals surface area contributed by atoms with Gasteiger partial charge in [0.15, 0.2) is 5.96 Å². The number of benzene rings is 1. The highest BCUT2D eigenvalue weighted by Gasteiger charge is 2.44. The van der Waals surface area contributed by atoms with Gasteiger partial charge in [-0.2, -0.15) is 0 Å². The van der Waals surface area contributed by atoms with Gasteiger partial charge in [0.05, 0.1) is 6.54 Å². The van der Waals surface area contributed by atoms with E-state index in [9.17, 15) is 0 Å². The number of aliphatic imine (C=N–C) groups is 1. The number of halogens is 2. The maximum atomic E-state index is 6.03. The summed E-state index contributed by atoms with van der Waals surface area (Å²) in [6, 6.07) is 8.12. The Balaban J connectivity index is 0.00000200. The molecule has 1 aromatic rings. The van der Waals surface area contributed by atoms with Crippen molar-refractivity contribution in [1.29, 1.82) is 0 Å². The third-order valence-corrected chi connectivity index (χ3v) is 4.19. The Bertz CT molecular complexity index is 451. The summed E-state index contributed by atoms with van der Waals surface area (Å²) in [6.07, 6.45) is 2.37. The average molecular weight is 408 g/mol. The van der Waals surface area contributed by atoms with E-state index in [4.69, 9.17) is 17.3 Å². The third-order valence-electron chi connectivity index (χ3n) is 3.94. The largest absolute Gasteiger partial charge is 0.370 e. The molecule has 0 saturated heterocycles. The van der Waals surface area contributed by atoms with Crippen LogP contribution in [-0.4, -0.2) is 30.5 Å². The van der Waals surface area contributed by atoms with Gasteiger partial charge in [-0.25, -0.2) is 0 Å². The van der Waals surface area contributed by atoms with E-state index < -0.39 is 0 Å². The number of nitrogens with two attached hydrogens (primary N) is 1. The lowest BCUT2D eigenvalue weighted by molar-refractivity contribution is 0.456. The molecule has 112 valence electrons. The second-order valence-electron chi connectivity index (χ2n) is 5.13. The Morgan fingerprint density at radius 3 is 2.25 bits per heavy atom. The SMILES string of the molecule is CCN(CC)C(N)=NCC1(c2ccc(Cl)cc2)CC1.I. The highest BCUT2D eigenvalue weighted by Crippen LogP contribution is 2.48. The molecule has 1 aliphatic carbocycles. The Kier molecular flexibility index (Phi) is 6.58. The van der Waals surface area contributed by atoms with Gasteiger partial charge in [0, 0.05) is 23.5 Å². The molecule has 1 fully saturated rings. The van der Waals surface area contributed by atoms with Crippen molar-refractivity contribution in [2.75, 3.05) is 19.6 Å². The van der Waals surface area contributed by atoms with Gasteiger partial charge in [-0.15, -0.1) is 24.0 Å². The smallest absolute Gasteiger partial charge is 0.191 e. The molecule has 1 aliphatic rings. The first-order chi connectivity index (χ1) is 9.11. The summed E-state index contributed by atoms with van der Waals surface area (Å²) in [4.78, 5) is 6.67. The van der Waals surface area contributed by atoms with E-state index in [-0.39, 0.29) is 29.4 Å².